The summed E-state index contributed by atoms with van der Waals surface area (Å²) in [5.74, 6) is 0.695. The van der Waals surface area contributed by atoms with Gasteiger partial charge >= 0.3 is 10.2 Å². The van der Waals surface area contributed by atoms with Crippen molar-refractivity contribution in [2.45, 2.75) is 33.2 Å². The molecule has 0 atom stereocenters. The molecule has 0 saturated heterocycles. The van der Waals surface area contributed by atoms with Crippen LogP contribution in [0.3, 0.4) is 0 Å². The standard InChI is InChI=1S/C21H25ClN4O4S/c1-4-5-10-23-31(28,29)25-21(27)15-7-9-19-20(11-15)26(14(2)24-19)13-16-6-8-17(30-3)12-18(16)22/h6-9,11-12,23H,4-5,10,13H2,1-3H3,(H,25,27). The lowest BCUT2D eigenvalue weighted by Gasteiger charge is -2.11. The molecule has 0 aliphatic heterocycles. The molecule has 0 aliphatic rings. The summed E-state index contributed by atoms with van der Waals surface area (Å²) < 4.78 is 35.7. The molecule has 1 amide bonds. The van der Waals surface area contributed by atoms with Crippen LogP contribution >= 0.6 is 11.6 Å². The summed E-state index contributed by atoms with van der Waals surface area (Å²) in [7, 11) is -2.35. The summed E-state index contributed by atoms with van der Waals surface area (Å²) in [5.41, 5.74) is 2.48. The van der Waals surface area contributed by atoms with Crippen LogP contribution in [0.15, 0.2) is 36.4 Å². The van der Waals surface area contributed by atoms with Gasteiger partial charge in [-0.2, -0.15) is 13.1 Å². The number of aromatic nitrogens is 2. The van der Waals surface area contributed by atoms with Crippen molar-refractivity contribution in [2.75, 3.05) is 13.7 Å². The van der Waals surface area contributed by atoms with E-state index in [0.29, 0.717) is 34.8 Å². The van der Waals surface area contributed by atoms with Crippen LogP contribution in [-0.4, -0.2) is 37.5 Å². The number of fused-ring (bicyclic) bond motifs is 1. The van der Waals surface area contributed by atoms with E-state index in [1.54, 1.807) is 31.4 Å². The molecule has 0 bridgehead atoms. The summed E-state index contributed by atoms with van der Waals surface area (Å²) in [6, 6.07) is 10.3. The molecule has 2 N–H and O–H groups in total. The highest BCUT2D eigenvalue weighted by Gasteiger charge is 2.17. The fraction of sp³-hybridized carbons (Fsp3) is 0.333. The molecule has 0 fully saturated rings. The first kappa shape index (κ1) is 23.1. The van der Waals surface area contributed by atoms with Gasteiger partial charge in [-0.25, -0.2) is 9.71 Å². The maximum atomic E-state index is 12.5. The van der Waals surface area contributed by atoms with Crippen LogP contribution in [0.1, 0.15) is 41.5 Å². The Kier molecular flexibility index (Phi) is 7.19. The molecule has 1 heterocycles. The van der Waals surface area contributed by atoms with Crippen LogP contribution in [-0.2, 0) is 16.8 Å². The number of unbranched alkanes of at least 4 members (excludes halogenated alkanes) is 1. The Morgan fingerprint density at radius 3 is 2.68 bits per heavy atom. The van der Waals surface area contributed by atoms with Crippen LogP contribution in [0, 0.1) is 6.92 Å². The lowest BCUT2D eigenvalue weighted by Crippen LogP contribution is -2.40. The van der Waals surface area contributed by atoms with Crippen molar-refractivity contribution in [3.05, 3.63) is 58.4 Å². The van der Waals surface area contributed by atoms with E-state index in [1.807, 2.05) is 30.5 Å². The molecule has 31 heavy (non-hydrogen) atoms. The topological polar surface area (TPSA) is 102 Å². The average Bonchev–Trinajstić information content (AvgIpc) is 3.03. The number of halogens is 1. The quantitative estimate of drug-likeness (QED) is 0.472. The number of amides is 1. The van der Waals surface area contributed by atoms with E-state index in [-0.39, 0.29) is 12.1 Å². The van der Waals surface area contributed by atoms with E-state index >= 15 is 0 Å². The molecule has 1 aromatic heterocycles. The van der Waals surface area contributed by atoms with Gasteiger partial charge < -0.3 is 9.30 Å². The molecular formula is C21H25ClN4O4S. The van der Waals surface area contributed by atoms with Crippen molar-refractivity contribution in [3.8, 4) is 5.75 Å². The lowest BCUT2D eigenvalue weighted by atomic mass is 10.1. The van der Waals surface area contributed by atoms with Gasteiger partial charge in [0.2, 0.25) is 0 Å². The minimum atomic E-state index is -3.92. The minimum Gasteiger partial charge on any atom is -0.497 e. The largest absolute Gasteiger partial charge is 0.497 e. The zero-order valence-corrected chi connectivity index (χ0v) is 19.2. The second-order valence-corrected chi connectivity index (χ2v) is 9.00. The Morgan fingerprint density at radius 2 is 2.00 bits per heavy atom. The molecule has 2 aromatic carbocycles. The predicted molar refractivity (Wildman–Crippen MR) is 121 cm³/mol. The third kappa shape index (κ3) is 5.55. The molecule has 0 saturated carbocycles. The van der Waals surface area contributed by atoms with Crippen molar-refractivity contribution in [1.82, 2.24) is 19.0 Å². The zero-order valence-electron chi connectivity index (χ0n) is 17.6. The number of carbonyl (C=O) groups is 1. The number of carbonyl (C=O) groups excluding carboxylic acids is 1. The number of hydrogen-bond donors (Lipinski definition) is 2. The number of nitrogens with one attached hydrogen (secondary N) is 2. The summed E-state index contributed by atoms with van der Waals surface area (Å²) in [4.78, 5) is 17.1. The van der Waals surface area contributed by atoms with Gasteiger partial charge in [-0.1, -0.05) is 31.0 Å². The second kappa shape index (κ2) is 9.67. The highest BCUT2D eigenvalue weighted by molar-refractivity contribution is 7.88. The van der Waals surface area contributed by atoms with Crippen molar-refractivity contribution in [3.63, 3.8) is 0 Å². The van der Waals surface area contributed by atoms with Crippen molar-refractivity contribution in [2.24, 2.45) is 0 Å². The normalized spacial score (nSPS) is 11.6. The molecule has 3 aromatic rings. The number of nitrogens with zero attached hydrogens (tertiary/aromatic N) is 2. The van der Waals surface area contributed by atoms with E-state index in [1.165, 1.54) is 0 Å². The van der Waals surface area contributed by atoms with Gasteiger partial charge in [0, 0.05) is 17.1 Å². The van der Waals surface area contributed by atoms with Crippen molar-refractivity contribution < 1.29 is 17.9 Å². The van der Waals surface area contributed by atoms with Crippen molar-refractivity contribution >= 4 is 38.8 Å². The number of aryl methyl sites for hydroxylation is 1. The SMILES string of the molecule is CCCCNS(=O)(=O)NC(=O)c1ccc2nc(C)n(Cc3ccc(OC)cc3Cl)c2c1. The maximum Gasteiger partial charge on any atom is 0.301 e. The van der Waals surface area contributed by atoms with E-state index in [9.17, 15) is 13.2 Å². The predicted octanol–water partition coefficient (Wildman–Crippen LogP) is 3.42. The van der Waals surface area contributed by atoms with Crippen LogP contribution < -0.4 is 14.2 Å². The minimum absolute atomic E-state index is 0.218. The Balaban J connectivity index is 1.87. The number of hydrogen-bond acceptors (Lipinski definition) is 5. The van der Waals surface area contributed by atoms with Gasteiger partial charge in [0.1, 0.15) is 11.6 Å². The second-order valence-electron chi connectivity index (χ2n) is 7.09. The van der Waals surface area contributed by atoms with Gasteiger partial charge in [0.25, 0.3) is 5.91 Å². The lowest BCUT2D eigenvalue weighted by molar-refractivity contribution is 0.0981. The molecule has 3 rings (SSSR count). The Hall–Kier alpha value is -2.62. The first-order valence-electron chi connectivity index (χ1n) is 9.85. The number of imidazole rings is 1. The third-order valence-corrected chi connectivity index (χ3v) is 6.23. The Labute approximate surface area is 186 Å². The summed E-state index contributed by atoms with van der Waals surface area (Å²) in [6.07, 6.45) is 1.53. The number of methoxy groups -OCH3 is 1. The zero-order chi connectivity index (χ0) is 22.6. The molecule has 0 spiro atoms. The molecule has 0 aliphatic carbocycles. The van der Waals surface area contributed by atoms with Crippen LogP contribution in [0.2, 0.25) is 5.02 Å². The molecule has 10 heteroatoms. The van der Waals surface area contributed by atoms with Gasteiger partial charge in [-0.15, -0.1) is 0 Å². The van der Waals surface area contributed by atoms with Gasteiger partial charge in [-0.05, 0) is 49.2 Å². The monoisotopic (exact) mass is 464 g/mol. The van der Waals surface area contributed by atoms with Crippen molar-refractivity contribution in [1.29, 1.82) is 0 Å². The highest BCUT2D eigenvalue weighted by atomic mass is 35.5. The highest BCUT2D eigenvalue weighted by Crippen LogP contribution is 2.26. The number of benzene rings is 2. The van der Waals surface area contributed by atoms with Crippen LogP contribution in [0.25, 0.3) is 11.0 Å². The van der Waals surface area contributed by atoms with Gasteiger partial charge in [-0.3, -0.25) is 4.79 Å². The molecule has 0 radical (unpaired) electrons. The number of rotatable bonds is 9. The van der Waals surface area contributed by atoms with Crippen LogP contribution in [0.5, 0.6) is 5.75 Å². The summed E-state index contributed by atoms with van der Waals surface area (Å²) >= 11 is 6.38. The summed E-state index contributed by atoms with van der Waals surface area (Å²) in [6.45, 7) is 4.52. The summed E-state index contributed by atoms with van der Waals surface area (Å²) in [5, 5.41) is 0.554. The number of ether oxygens (including phenoxy) is 1. The molecular weight excluding hydrogens is 440 g/mol. The molecule has 8 nitrogen and oxygen atoms in total. The van der Waals surface area contributed by atoms with Gasteiger partial charge in [0.05, 0.1) is 24.7 Å². The average molecular weight is 465 g/mol. The van der Waals surface area contributed by atoms with Gasteiger partial charge in [0.15, 0.2) is 0 Å². The third-order valence-electron chi connectivity index (χ3n) is 4.84. The van der Waals surface area contributed by atoms with Crippen LogP contribution in [0.4, 0.5) is 0 Å². The smallest absolute Gasteiger partial charge is 0.301 e. The maximum absolute atomic E-state index is 12.5. The first-order valence-corrected chi connectivity index (χ1v) is 11.7. The molecule has 0 unspecified atom stereocenters. The Bertz CT molecular complexity index is 1210. The molecule has 166 valence electrons. The Morgan fingerprint density at radius 1 is 1.23 bits per heavy atom. The first-order chi connectivity index (χ1) is 14.7. The fourth-order valence-electron chi connectivity index (χ4n) is 3.14. The van der Waals surface area contributed by atoms with E-state index in [2.05, 4.69) is 14.4 Å². The fourth-order valence-corrected chi connectivity index (χ4v) is 4.22. The van der Waals surface area contributed by atoms with E-state index < -0.39 is 16.1 Å². The van der Waals surface area contributed by atoms with E-state index in [0.717, 1.165) is 17.8 Å². The van der Waals surface area contributed by atoms with E-state index in [4.69, 9.17) is 16.3 Å².